The quantitative estimate of drug-likeness (QED) is 0.450. The van der Waals surface area contributed by atoms with Crippen LogP contribution in [0.2, 0.25) is 0 Å². The summed E-state index contributed by atoms with van der Waals surface area (Å²) in [6.07, 6.45) is -2.71. The largest absolute Gasteiger partial charge is 0.394 e. The van der Waals surface area contributed by atoms with Gasteiger partial charge in [-0.25, -0.2) is 0 Å². The maximum Gasteiger partial charge on any atom is 0.109 e. The van der Waals surface area contributed by atoms with Gasteiger partial charge in [-0.05, 0) is 6.42 Å². The van der Waals surface area contributed by atoms with Crippen LogP contribution in [0.15, 0.2) is 0 Å². The highest BCUT2D eigenvalue weighted by Crippen LogP contribution is 2.28. The summed E-state index contributed by atoms with van der Waals surface area (Å²) in [6, 6.07) is 0. The van der Waals surface area contributed by atoms with E-state index in [4.69, 9.17) is 14.9 Å². The highest BCUT2D eigenvalue weighted by molar-refractivity contribution is 4.90. The molecule has 4 N–H and O–H groups in total. The van der Waals surface area contributed by atoms with Crippen molar-refractivity contribution in [3.63, 3.8) is 0 Å². The van der Waals surface area contributed by atoms with E-state index in [0.717, 1.165) is 0 Å². The first-order chi connectivity index (χ1) is 6.65. The van der Waals surface area contributed by atoms with Crippen LogP contribution in [0.4, 0.5) is 0 Å². The van der Waals surface area contributed by atoms with Crippen molar-refractivity contribution in [2.45, 2.75) is 37.8 Å². The summed E-state index contributed by atoms with van der Waals surface area (Å²) in [5.41, 5.74) is 0. The lowest BCUT2D eigenvalue weighted by Crippen LogP contribution is -2.56. The van der Waals surface area contributed by atoms with E-state index in [1.54, 1.807) is 0 Å². The van der Waals surface area contributed by atoms with Gasteiger partial charge in [-0.2, -0.15) is 0 Å². The van der Waals surface area contributed by atoms with Crippen LogP contribution in [0.5, 0.6) is 0 Å². The topological polar surface area (TPSA) is 90.2 Å². The van der Waals surface area contributed by atoms with Gasteiger partial charge in [-0.15, -0.1) is 0 Å². The van der Waals surface area contributed by atoms with Crippen LogP contribution >= 0.6 is 0 Å². The number of aliphatic hydroxyl groups is 4. The van der Waals surface area contributed by atoms with E-state index in [1.807, 2.05) is 6.92 Å². The number of hydrogen-bond acceptors (Lipinski definition) is 5. The smallest absolute Gasteiger partial charge is 0.109 e. The molecule has 0 amide bonds. The molecule has 84 valence electrons. The van der Waals surface area contributed by atoms with Crippen molar-refractivity contribution < 1.29 is 25.2 Å². The van der Waals surface area contributed by atoms with E-state index in [2.05, 4.69) is 0 Å². The minimum absolute atomic E-state index is 0.210. The van der Waals surface area contributed by atoms with E-state index in [-0.39, 0.29) is 19.1 Å². The molecule has 0 radical (unpaired) electrons. The summed E-state index contributed by atoms with van der Waals surface area (Å²) in [5, 5.41) is 37.1. The standard InChI is InChI=1S/C9H18O5/c1-2-5-6(3-10)14-7(4-11)9(13)8(5)12/h5-13H,2-4H2,1H3/t5-,6?,7+,8?,9?/m1/s1. The lowest BCUT2D eigenvalue weighted by atomic mass is 9.85. The van der Waals surface area contributed by atoms with E-state index < -0.39 is 24.4 Å². The maximum atomic E-state index is 9.69. The molecule has 0 aromatic heterocycles. The van der Waals surface area contributed by atoms with Crippen molar-refractivity contribution in [1.29, 1.82) is 0 Å². The lowest BCUT2D eigenvalue weighted by Gasteiger charge is -2.41. The first-order valence-corrected chi connectivity index (χ1v) is 4.89. The number of hydrogen-bond donors (Lipinski definition) is 4. The molecular weight excluding hydrogens is 188 g/mol. The van der Waals surface area contributed by atoms with Crippen LogP contribution in [0.3, 0.4) is 0 Å². The second-order valence-electron chi connectivity index (χ2n) is 3.63. The van der Waals surface area contributed by atoms with Gasteiger partial charge in [0, 0.05) is 5.92 Å². The van der Waals surface area contributed by atoms with E-state index in [9.17, 15) is 10.2 Å². The van der Waals surface area contributed by atoms with Gasteiger partial charge in [-0.1, -0.05) is 6.92 Å². The van der Waals surface area contributed by atoms with Crippen molar-refractivity contribution in [2.24, 2.45) is 5.92 Å². The zero-order valence-corrected chi connectivity index (χ0v) is 8.21. The Hall–Kier alpha value is -0.200. The second-order valence-corrected chi connectivity index (χ2v) is 3.63. The molecule has 5 atom stereocenters. The molecule has 1 fully saturated rings. The molecule has 1 saturated heterocycles. The third-order valence-electron chi connectivity index (χ3n) is 2.83. The molecule has 0 aromatic rings. The maximum absolute atomic E-state index is 9.69. The molecule has 5 heteroatoms. The first-order valence-electron chi connectivity index (χ1n) is 4.89. The molecule has 0 aliphatic carbocycles. The SMILES string of the molecule is CC[C@@H]1C(CO)O[C@@H](CO)C(O)C1O. The Kier molecular flexibility index (Phi) is 4.28. The van der Waals surface area contributed by atoms with Crippen LogP contribution in [0, 0.1) is 5.92 Å². The fourth-order valence-corrected chi connectivity index (χ4v) is 1.93. The molecule has 0 saturated carbocycles. The first kappa shape index (κ1) is 11.9. The van der Waals surface area contributed by atoms with Crippen molar-refractivity contribution >= 4 is 0 Å². The Morgan fingerprint density at radius 3 is 2.00 bits per heavy atom. The Morgan fingerprint density at radius 1 is 1.00 bits per heavy atom. The van der Waals surface area contributed by atoms with Crippen molar-refractivity contribution in [3.05, 3.63) is 0 Å². The molecule has 1 rings (SSSR count). The van der Waals surface area contributed by atoms with Crippen molar-refractivity contribution in [2.75, 3.05) is 13.2 Å². The molecule has 14 heavy (non-hydrogen) atoms. The molecule has 1 aliphatic heterocycles. The Labute approximate surface area is 82.9 Å². The number of aliphatic hydroxyl groups excluding tert-OH is 4. The van der Waals surface area contributed by atoms with Gasteiger partial charge >= 0.3 is 0 Å². The van der Waals surface area contributed by atoms with E-state index >= 15 is 0 Å². The second kappa shape index (κ2) is 5.04. The molecule has 0 bridgehead atoms. The Bertz CT molecular complexity index is 173. The zero-order chi connectivity index (χ0) is 10.7. The van der Waals surface area contributed by atoms with Crippen LogP contribution < -0.4 is 0 Å². The third-order valence-corrected chi connectivity index (χ3v) is 2.83. The monoisotopic (exact) mass is 206 g/mol. The average molecular weight is 206 g/mol. The lowest BCUT2D eigenvalue weighted by molar-refractivity contribution is -0.216. The Balaban J connectivity index is 2.71. The summed E-state index contributed by atoms with van der Waals surface area (Å²) in [4.78, 5) is 0. The average Bonchev–Trinajstić information content (AvgIpc) is 2.21. The minimum atomic E-state index is -1.08. The van der Waals surface area contributed by atoms with Crippen molar-refractivity contribution in [1.82, 2.24) is 0 Å². The molecule has 5 nitrogen and oxygen atoms in total. The summed E-state index contributed by atoms with van der Waals surface area (Å²) in [7, 11) is 0. The predicted molar refractivity (Wildman–Crippen MR) is 48.6 cm³/mol. The van der Waals surface area contributed by atoms with E-state index in [1.165, 1.54) is 0 Å². The summed E-state index contributed by atoms with van der Waals surface area (Å²) < 4.78 is 5.26. The van der Waals surface area contributed by atoms with Gasteiger partial charge in [0.25, 0.3) is 0 Å². The number of ether oxygens (including phenoxy) is 1. The fraction of sp³-hybridized carbons (Fsp3) is 1.00. The minimum Gasteiger partial charge on any atom is -0.394 e. The Morgan fingerprint density at radius 2 is 1.57 bits per heavy atom. The normalized spacial score (nSPS) is 43.9. The van der Waals surface area contributed by atoms with Gasteiger partial charge in [0.2, 0.25) is 0 Å². The zero-order valence-electron chi connectivity index (χ0n) is 8.21. The van der Waals surface area contributed by atoms with Crippen LogP contribution in [-0.4, -0.2) is 58.1 Å². The number of rotatable bonds is 3. The highest BCUT2D eigenvalue weighted by atomic mass is 16.5. The van der Waals surface area contributed by atoms with Gasteiger partial charge in [-0.3, -0.25) is 0 Å². The van der Waals surface area contributed by atoms with Gasteiger partial charge in [0.05, 0.1) is 25.4 Å². The van der Waals surface area contributed by atoms with Gasteiger partial charge in [0.1, 0.15) is 12.2 Å². The summed E-state index contributed by atoms with van der Waals surface area (Å²) >= 11 is 0. The van der Waals surface area contributed by atoms with Gasteiger partial charge < -0.3 is 25.2 Å². The fourth-order valence-electron chi connectivity index (χ4n) is 1.93. The van der Waals surface area contributed by atoms with Crippen LogP contribution in [-0.2, 0) is 4.74 Å². The highest BCUT2D eigenvalue weighted by Gasteiger charge is 2.42. The summed E-state index contributed by atoms with van der Waals surface area (Å²) in [5.74, 6) is -0.280. The van der Waals surface area contributed by atoms with Gasteiger partial charge in [0.15, 0.2) is 0 Å². The summed E-state index contributed by atoms with van der Waals surface area (Å²) in [6.45, 7) is 1.29. The van der Waals surface area contributed by atoms with Crippen molar-refractivity contribution in [3.8, 4) is 0 Å². The van der Waals surface area contributed by atoms with Crippen LogP contribution in [0.25, 0.3) is 0 Å². The molecule has 3 unspecified atom stereocenters. The van der Waals surface area contributed by atoms with E-state index in [0.29, 0.717) is 6.42 Å². The molecular formula is C9H18O5. The molecule has 0 aromatic carbocycles. The molecule has 1 heterocycles. The predicted octanol–water partition coefficient (Wildman–Crippen LogP) is -1.51. The molecule has 0 spiro atoms. The third kappa shape index (κ3) is 2.07. The molecule has 1 aliphatic rings. The van der Waals surface area contributed by atoms with Crippen LogP contribution in [0.1, 0.15) is 13.3 Å².